The third-order valence-electron chi connectivity index (χ3n) is 3.91. The number of hydrogen-bond donors (Lipinski definition) is 1. The van der Waals surface area contributed by atoms with Crippen LogP contribution in [-0.4, -0.2) is 51.3 Å². The molecule has 2 aromatic rings. The van der Waals surface area contributed by atoms with Crippen LogP contribution in [0.2, 0.25) is 0 Å². The molecule has 6 nitrogen and oxygen atoms in total. The first kappa shape index (κ1) is 20.6. The molecule has 0 aliphatic heterocycles. The van der Waals surface area contributed by atoms with Gasteiger partial charge in [0.25, 0.3) is 5.91 Å². The Morgan fingerprint density at radius 3 is 2.44 bits per heavy atom. The van der Waals surface area contributed by atoms with E-state index in [9.17, 15) is 4.79 Å². The molecule has 0 aliphatic carbocycles. The quantitative estimate of drug-likeness (QED) is 0.695. The Balaban J connectivity index is 1.81. The first-order chi connectivity index (χ1) is 13.0. The van der Waals surface area contributed by atoms with Crippen molar-refractivity contribution in [3.05, 3.63) is 54.1 Å². The highest BCUT2D eigenvalue weighted by Crippen LogP contribution is 2.18. The fourth-order valence-electron chi connectivity index (χ4n) is 2.34. The molecule has 0 spiro atoms. The molecular formula is C21H28N2O4. The van der Waals surface area contributed by atoms with E-state index in [2.05, 4.69) is 10.2 Å². The molecule has 1 N–H and O–H groups in total. The first-order valence-corrected chi connectivity index (χ1v) is 8.93. The summed E-state index contributed by atoms with van der Waals surface area (Å²) in [7, 11) is 5.61. The number of likely N-dealkylation sites (N-methyl/N-ethyl adjacent to an activating group) is 1. The monoisotopic (exact) mass is 372 g/mol. The second-order valence-corrected chi connectivity index (χ2v) is 6.45. The van der Waals surface area contributed by atoms with Gasteiger partial charge in [-0.05, 0) is 63.0 Å². The molecule has 27 heavy (non-hydrogen) atoms. The predicted octanol–water partition coefficient (Wildman–Crippen LogP) is 2.72. The highest BCUT2D eigenvalue weighted by atomic mass is 16.5. The zero-order chi connectivity index (χ0) is 19.6. The highest BCUT2D eigenvalue weighted by molar-refractivity contribution is 5.80. The molecule has 0 aliphatic rings. The van der Waals surface area contributed by atoms with Gasteiger partial charge in [0.15, 0.2) is 6.10 Å². The Kier molecular flexibility index (Phi) is 7.95. The first-order valence-electron chi connectivity index (χ1n) is 8.93. The summed E-state index contributed by atoms with van der Waals surface area (Å²) in [5.74, 6) is 1.98. The maximum absolute atomic E-state index is 12.3. The number of methoxy groups -OCH3 is 1. The van der Waals surface area contributed by atoms with Gasteiger partial charge < -0.3 is 24.4 Å². The number of benzene rings is 2. The lowest BCUT2D eigenvalue weighted by Crippen LogP contribution is -2.35. The molecule has 2 rings (SSSR count). The fourth-order valence-corrected chi connectivity index (χ4v) is 2.34. The van der Waals surface area contributed by atoms with Crippen LogP contribution in [0.3, 0.4) is 0 Å². The standard InChI is InChI=1S/C21H28N2O4/c1-16(27-19-10-8-18(25-4)9-11-19)21(24)22-15-17-6-5-7-20(14-17)26-13-12-23(2)3/h5-11,14,16H,12-13,15H2,1-4H3,(H,22,24). The van der Waals surface area contributed by atoms with Crippen molar-refractivity contribution in [2.75, 3.05) is 34.4 Å². The number of carbonyl (C=O) groups excluding carboxylic acids is 1. The normalized spacial score (nSPS) is 11.7. The largest absolute Gasteiger partial charge is 0.497 e. The van der Waals surface area contributed by atoms with Gasteiger partial charge in [-0.15, -0.1) is 0 Å². The van der Waals surface area contributed by atoms with Gasteiger partial charge in [0.05, 0.1) is 7.11 Å². The van der Waals surface area contributed by atoms with Crippen LogP contribution < -0.4 is 19.5 Å². The minimum Gasteiger partial charge on any atom is -0.497 e. The molecule has 0 saturated carbocycles. The zero-order valence-corrected chi connectivity index (χ0v) is 16.4. The van der Waals surface area contributed by atoms with E-state index in [1.165, 1.54) is 0 Å². The Morgan fingerprint density at radius 1 is 1.07 bits per heavy atom. The molecule has 1 unspecified atom stereocenters. The van der Waals surface area contributed by atoms with E-state index in [-0.39, 0.29) is 5.91 Å². The predicted molar refractivity (Wildman–Crippen MR) is 105 cm³/mol. The molecule has 0 fully saturated rings. The Bertz CT molecular complexity index is 716. The van der Waals surface area contributed by atoms with Gasteiger partial charge in [-0.25, -0.2) is 0 Å². The van der Waals surface area contributed by atoms with E-state index in [1.54, 1.807) is 38.3 Å². The fraction of sp³-hybridized carbons (Fsp3) is 0.381. The lowest BCUT2D eigenvalue weighted by atomic mass is 10.2. The van der Waals surface area contributed by atoms with Crippen LogP contribution in [0, 0.1) is 0 Å². The summed E-state index contributed by atoms with van der Waals surface area (Å²) in [5.41, 5.74) is 0.974. The van der Waals surface area contributed by atoms with E-state index in [0.717, 1.165) is 23.6 Å². The molecule has 0 saturated heterocycles. The van der Waals surface area contributed by atoms with Crippen LogP contribution in [0.1, 0.15) is 12.5 Å². The van der Waals surface area contributed by atoms with Crippen molar-refractivity contribution in [3.63, 3.8) is 0 Å². The highest BCUT2D eigenvalue weighted by Gasteiger charge is 2.14. The lowest BCUT2D eigenvalue weighted by Gasteiger charge is -2.15. The minimum absolute atomic E-state index is 0.176. The molecule has 0 aromatic heterocycles. The Labute approximate surface area is 161 Å². The third kappa shape index (κ3) is 7.19. The summed E-state index contributed by atoms with van der Waals surface area (Å²) >= 11 is 0. The zero-order valence-electron chi connectivity index (χ0n) is 16.4. The van der Waals surface area contributed by atoms with Gasteiger partial charge in [-0.1, -0.05) is 12.1 Å². The van der Waals surface area contributed by atoms with E-state index >= 15 is 0 Å². The third-order valence-corrected chi connectivity index (χ3v) is 3.91. The van der Waals surface area contributed by atoms with Crippen LogP contribution in [0.25, 0.3) is 0 Å². The number of rotatable bonds is 10. The van der Waals surface area contributed by atoms with Crippen LogP contribution in [0.15, 0.2) is 48.5 Å². The number of nitrogens with zero attached hydrogens (tertiary/aromatic N) is 1. The van der Waals surface area contributed by atoms with Crippen molar-refractivity contribution in [2.45, 2.75) is 19.6 Å². The topological polar surface area (TPSA) is 60.0 Å². The molecule has 0 bridgehead atoms. The van der Waals surface area contributed by atoms with E-state index < -0.39 is 6.10 Å². The summed E-state index contributed by atoms with van der Waals surface area (Å²) < 4.78 is 16.5. The lowest BCUT2D eigenvalue weighted by molar-refractivity contribution is -0.127. The van der Waals surface area contributed by atoms with Gasteiger partial charge >= 0.3 is 0 Å². The number of ether oxygens (including phenoxy) is 3. The van der Waals surface area contributed by atoms with E-state index in [0.29, 0.717) is 18.9 Å². The summed E-state index contributed by atoms with van der Waals surface area (Å²) in [4.78, 5) is 14.3. The average molecular weight is 372 g/mol. The van der Waals surface area contributed by atoms with Crippen molar-refractivity contribution >= 4 is 5.91 Å². The maximum atomic E-state index is 12.3. The molecule has 0 heterocycles. The van der Waals surface area contributed by atoms with Crippen LogP contribution in [0.5, 0.6) is 17.2 Å². The van der Waals surface area contributed by atoms with Crippen LogP contribution in [-0.2, 0) is 11.3 Å². The van der Waals surface area contributed by atoms with Crippen LogP contribution >= 0.6 is 0 Å². The second-order valence-electron chi connectivity index (χ2n) is 6.45. The Hall–Kier alpha value is -2.73. The number of hydrogen-bond acceptors (Lipinski definition) is 5. The summed E-state index contributed by atoms with van der Waals surface area (Å²) in [6.07, 6.45) is -0.599. The number of nitrogens with one attached hydrogen (secondary N) is 1. The molecular weight excluding hydrogens is 344 g/mol. The molecule has 1 atom stereocenters. The summed E-state index contributed by atoms with van der Waals surface area (Å²) in [6.45, 7) is 3.61. The summed E-state index contributed by atoms with van der Waals surface area (Å²) in [6, 6.07) is 14.9. The van der Waals surface area contributed by atoms with Crippen molar-refractivity contribution in [2.24, 2.45) is 0 Å². The molecule has 146 valence electrons. The van der Waals surface area contributed by atoms with Crippen molar-refractivity contribution in [1.82, 2.24) is 10.2 Å². The van der Waals surface area contributed by atoms with Crippen molar-refractivity contribution in [1.29, 1.82) is 0 Å². The molecule has 6 heteroatoms. The summed E-state index contributed by atoms with van der Waals surface area (Å²) in [5, 5.41) is 2.89. The van der Waals surface area contributed by atoms with Crippen molar-refractivity contribution < 1.29 is 19.0 Å². The number of carbonyl (C=O) groups is 1. The smallest absolute Gasteiger partial charge is 0.261 e. The van der Waals surface area contributed by atoms with E-state index in [1.807, 2.05) is 38.4 Å². The Morgan fingerprint density at radius 2 is 1.78 bits per heavy atom. The van der Waals surface area contributed by atoms with Crippen molar-refractivity contribution in [3.8, 4) is 17.2 Å². The molecule has 0 radical (unpaired) electrons. The second kappa shape index (κ2) is 10.4. The van der Waals surface area contributed by atoms with Gasteiger partial charge in [-0.2, -0.15) is 0 Å². The minimum atomic E-state index is -0.599. The van der Waals surface area contributed by atoms with Gasteiger partial charge in [-0.3, -0.25) is 4.79 Å². The number of amides is 1. The van der Waals surface area contributed by atoms with Crippen LogP contribution in [0.4, 0.5) is 0 Å². The molecule has 1 amide bonds. The average Bonchev–Trinajstić information content (AvgIpc) is 2.66. The molecule has 2 aromatic carbocycles. The van der Waals surface area contributed by atoms with Gasteiger partial charge in [0.2, 0.25) is 0 Å². The maximum Gasteiger partial charge on any atom is 0.261 e. The van der Waals surface area contributed by atoms with Gasteiger partial charge in [0, 0.05) is 13.1 Å². The SMILES string of the molecule is COc1ccc(OC(C)C(=O)NCc2cccc(OCCN(C)C)c2)cc1. The van der Waals surface area contributed by atoms with Gasteiger partial charge in [0.1, 0.15) is 23.9 Å². The van der Waals surface area contributed by atoms with E-state index in [4.69, 9.17) is 14.2 Å².